The molecule has 0 aromatic rings. The molecule has 0 spiro atoms. The number of hydrogen-bond donors (Lipinski definition) is 1. The van der Waals surface area contributed by atoms with E-state index in [1.54, 1.807) is 0 Å². The Bertz CT molecular complexity index is 146. The van der Waals surface area contributed by atoms with Crippen LogP contribution < -0.4 is 5.32 Å². The second-order valence-corrected chi connectivity index (χ2v) is 4.31. The topological polar surface area (TPSA) is 52.2 Å². The fourth-order valence-corrected chi connectivity index (χ4v) is 2.01. The first-order valence-electron chi connectivity index (χ1n) is 4.58. The van der Waals surface area contributed by atoms with Crippen LogP contribution in [0.25, 0.3) is 0 Å². The Balaban J connectivity index is 1.91. The summed E-state index contributed by atoms with van der Waals surface area (Å²) in [6.45, 7) is 0.846. The maximum absolute atomic E-state index is 10.2. The van der Waals surface area contributed by atoms with Crippen LogP contribution in [-0.4, -0.2) is 27.1 Å². The highest BCUT2D eigenvalue weighted by Crippen LogP contribution is 2.17. The van der Waals surface area contributed by atoms with Gasteiger partial charge in [0, 0.05) is 11.8 Å². The van der Waals surface area contributed by atoms with Crippen LogP contribution in [0.3, 0.4) is 0 Å². The van der Waals surface area contributed by atoms with Gasteiger partial charge in [0.25, 0.3) is 0 Å². The normalized spacial score (nSPS) is 21.4. The van der Waals surface area contributed by atoms with Gasteiger partial charge in [-0.25, -0.2) is 0 Å². The lowest BCUT2D eigenvalue weighted by atomic mass is 10.2. The van der Waals surface area contributed by atoms with Gasteiger partial charge in [-0.15, -0.1) is 0 Å². The summed E-state index contributed by atoms with van der Waals surface area (Å²) in [5.41, 5.74) is 0. The van der Waals surface area contributed by atoms with Crippen LogP contribution in [0.1, 0.15) is 32.1 Å². The van der Waals surface area contributed by atoms with Gasteiger partial charge >= 0.3 is 0 Å². The summed E-state index contributed by atoms with van der Waals surface area (Å²) in [6.07, 6.45) is 5.92. The zero-order valence-electron chi connectivity index (χ0n) is 7.25. The van der Waals surface area contributed by atoms with Crippen molar-refractivity contribution in [3.05, 3.63) is 0 Å². The van der Waals surface area contributed by atoms with Crippen LogP contribution in [0.4, 0.5) is 0 Å². The van der Waals surface area contributed by atoms with Crippen molar-refractivity contribution in [1.29, 1.82) is 0 Å². The van der Waals surface area contributed by atoms with Crippen molar-refractivity contribution >= 4 is 11.1 Å². The molecule has 0 bridgehead atoms. The predicted molar refractivity (Wildman–Crippen MR) is 48.7 cm³/mol. The maximum Gasteiger partial charge on any atom is 0.0114 e. The molecule has 0 heterocycles. The lowest BCUT2D eigenvalue weighted by Gasteiger charge is -2.11. The van der Waals surface area contributed by atoms with Gasteiger partial charge in [-0.1, -0.05) is 23.9 Å². The largest absolute Gasteiger partial charge is 0.772 e. The molecule has 0 aliphatic heterocycles. The Labute approximate surface area is 76.2 Å². The average Bonchev–Trinajstić information content (AvgIpc) is 2.49. The Morgan fingerprint density at radius 2 is 2.08 bits per heavy atom. The van der Waals surface area contributed by atoms with E-state index in [2.05, 4.69) is 5.32 Å². The molecular weight excluding hydrogens is 174 g/mol. The third kappa shape index (κ3) is 4.18. The van der Waals surface area contributed by atoms with Crippen LogP contribution in [0.15, 0.2) is 0 Å². The Morgan fingerprint density at radius 3 is 2.67 bits per heavy atom. The molecule has 1 unspecified atom stereocenters. The quantitative estimate of drug-likeness (QED) is 0.515. The molecule has 1 rings (SSSR count). The lowest BCUT2D eigenvalue weighted by Crippen LogP contribution is -2.27. The van der Waals surface area contributed by atoms with Crippen LogP contribution in [-0.2, 0) is 11.1 Å². The SMILES string of the molecule is O=S([O-])CCCNC1CCCC1. The highest BCUT2D eigenvalue weighted by Gasteiger charge is 2.12. The molecule has 0 aromatic carbocycles. The van der Waals surface area contributed by atoms with Crippen molar-refractivity contribution in [2.24, 2.45) is 0 Å². The Kier molecular flexibility index (Phi) is 4.80. The van der Waals surface area contributed by atoms with Gasteiger partial charge in [0.1, 0.15) is 0 Å². The van der Waals surface area contributed by atoms with E-state index in [1.807, 2.05) is 0 Å². The fourth-order valence-electron chi connectivity index (χ4n) is 1.63. The standard InChI is InChI=1S/C8H17NO2S/c10-12(11)7-3-6-9-8-4-1-2-5-8/h8-9H,1-7H2,(H,10,11)/p-1. The second-order valence-electron chi connectivity index (χ2n) is 3.30. The Morgan fingerprint density at radius 1 is 1.42 bits per heavy atom. The molecule has 0 amide bonds. The summed E-state index contributed by atoms with van der Waals surface area (Å²) in [5, 5.41) is 3.36. The van der Waals surface area contributed by atoms with E-state index in [0.29, 0.717) is 11.8 Å². The summed E-state index contributed by atoms with van der Waals surface area (Å²) in [6, 6.07) is 0.657. The van der Waals surface area contributed by atoms with Crippen molar-refractivity contribution in [3.8, 4) is 0 Å². The van der Waals surface area contributed by atoms with E-state index < -0.39 is 11.1 Å². The summed E-state index contributed by atoms with van der Waals surface area (Å²) in [4.78, 5) is 0. The molecule has 1 N–H and O–H groups in total. The van der Waals surface area contributed by atoms with Crippen molar-refractivity contribution in [2.45, 2.75) is 38.1 Å². The number of hydrogen-bond acceptors (Lipinski definition) is 3. The summed E-state index contributed by atoms with van der Waals surface area (Å²) >= 11 is -1.86. The molecule has 0 aromatic heterocycles. The van der Waals surface area contributed by atoms with Gasteiger partial charge in [-0.2, -0.15) is 0 Å². The monoisotopic (exact) mass is 190 g/mol. The molecule has 72 valence electrons. The molecule has 0 radical (unpaired) electrons. The molecule has 3 nitrogen and oxygen atoms in total. The molecular formula is C8H16NO2S-. The average molecular weight is 190 g/mol. The van der Waals surface area contributed by atoms with E-state index in [1.165, 1.54) is 25.7 Å². The minimum Gasteiger partial charge on any atom is -0.772 e. The number of nitrogens with one attached hydrogen (secondary N) is 1. The third-order valence-electron chi connectivity index (χ3n) is 2.28. The molecule has 1 fully saturated rings. The van der Waals surface area contributed by atoms with Crippen LogP contribution in [0, 0.1) is 0 Å². The fraction of sp³-hybridized carbons (Fsp3) is 1.00. The lowest BCUT2D eigenvalue weighted by molar-refractivity contribution is 0.511. The molecule has 1 aliphatic rings. The van der Waals surface area contributed by atoms with Crippen molar-refractivity contribution < 1.29 is 8.76 Å². The van der Waals surface area contributed by atoms with E-state index in [0.717, 1.165) is 13.0 Å². The molecule has 1 atom stereocenters. The van der Waals surface area contributed by atoms with Crippen LogP contribution in [0.5, 0.6) is 0 Å². The van der Waals surface area contributed by atoms with E-state index in [4.69, 9.17) is 0 Å². The zero-order chi connectivity index (χ0) is 8.81. The highest BCUT2D eigenvalue weighted by atomic mass is 32.2. The van der Waals surface area contributed by atoms with Crippen LogP contribution in [0.2, 0.25) is 0 Å². The molecule has 4 heteroatoms. The predicted octanol–water partition coefficient (Wildman–Crippen LogP) is 0.788. The highest BCUT2D eigenvalue weighted by molar-refractivity contribution is 7.79. The summed E-state index contributed by atoms with van der Waals surface area (Å²) in [7, 11) is 0. The molecule has 1 saturated carbocycles. The van der Waals surface area contributed by atoms with Gasteiger partial charge < -0.3 is 9.87 Å². The van der Waals surface area contributed by atoms with E-state index in [-0.39, 0.29) is 0 Å². The first-order chi connectivity index (χ1) is 5.79. The smallest absolute Gasteiger partial charge is 0.0114 e. The minimum atomic E-state index is -1.86. The zero-order valence-corrected chi connectivity index (χ0v) is 8.07. The molecule has 1 aliphatic carbocycles. The first kappa shape index (κ1) is 10.2. The molecule has 0 saturated heterocycles. The van der Waals surface area contributed by atoms with Gasteiger partial charge in [0.15, 0.2) is 0 Å². The number of rotatable bonds is 5. The van der Waals surface area contributed by atoms with Crippen molar-refractivity contribution in [3.63, 3.8) is 0 Å². The van der Waals surface area contributed by atoms with E-state index >= 15 is 0 Å². The summed E-state index contributed by atoms with van der Waals surface area (Å²) in [5.74, 6) is 0.291. The summed E-state index contributed by atoms with van der Waals surface area (Å²) < 4.78 is 20.3. The van der Waals surface area contributed by atoms with Crippen LogP contribution >= 0.6 is 0 Å². The van der Waals surface area contributed by atoms with Gasteiger partial charge in [-0.05, 0) is 25.8 Å². The van der Waals surface area contributed by atoms with Crippen molar-refractivity contribution in [2.75, 3.05) is 12.3 Å². The Hall–Kier alpha value is 0.0700. The first-order valence-corrected chi connectivity index (χ1v) is 5.82. The molecule has 12 heavy (non-hydrogen) atoms. The van der Waals surface area contributed by atoms with Gasteiger partial charge in [0.2, 0.25) is 0 Å². The maximum atomic E-state index is 10.2. The van der Waals surface area contributed by atoms with Crippen molar-refractivity contribution in [1.82, 2.24) is 5.32 Å². The second kappa shape index (κ2) is 5.67. The third-order valence-corrected chi connectivity index (χ3v) is 2.90. The van der Waals surface area contributed by atoms with Gasteiger partial charge in [-0.3, -0.25) is 4.21 Å². The van der Waals surface area contributed by atoms with Gasteiger partial charge in [0.05, 0.1) is 0 Å². The van der Waals surface area contributed by atoms with E-state index in [9.17, 15) is 8.76 Å². The minimum absolute atomic E-state index is 0.291.